The van der Waals surface area contributed by atoms with Crippen LogP contribution in [0, 0.1) is 18.8 Å². The van der Waals surface area contributed by atoms with Gasteiger partial charge in [-0.1, -0.05) is 12.1 Å². The van der Waals surface area contributed by atoms with E-state index in [-0.39, 0.29) is 12.1 Å². The molecule has 1 aromatic heterocycles. The Labute approximate surface area is 124 Å². The van der Waals surface area contributed by atoms with E-state index in [0.29, 0.717) is 18.7 Å². The maximum Gasteiger partial charge on any atom is 0.414 e. The van der Waals surface area contributed by atoms with E-state index in [4.69, 9.17) is 4.74 Å². The Morgan fingerprint density at radius 1 is 1.48 bits per heavy atom. The molecule has 0 aromatic carbocycles. The quantitative estimate of drug-likeness (QED) is 0.797. The van der Waals surface area contributed by atoms with E-state index in [1.807, 2.05) is 26.8 Å². The number of amides is 1. The highest BCUT2D eigenvalue weighted by Gasteiger charge is 2.38. The fourth-order valence-electron chi connectivity index (χ4n) is 2.97. The highest BCUT2D eigenvalue weighted by Crippen LogP contribution is 2.42. The summed E-state index contributed by atoms with van der Waals surface area (Å²) in [4.78, 5) is 29.6. The highest BCUT2D eigenvalue weighted by molar-refractivity contribution is 5.91. The number of aromatic nitrogens is 1. The Balaban J connectivity index is 2.59. The van der Waals surface area contributed by atoms with Crippen LogP contribution in [0.4, 0.5) is 10.5 Å². The van der Waals surface area contributed by atoms with Gasteiger partial charge in [0.05, 0.1) is 18.0 Å². The molecule has 21 heavy (non-hydrogen) atoms. The van der Waals surface area contributed by atoms with Crippen LogP contribution < -0.4 is 4.90 Å². The summed E-state index contributed by atoms with van der Waals surface area (Å²) in [6, 6.07) is 1.31. The summed E-state index contributed by atoms with van der Waals surface area (Å²) < 4.78 is 5.17. The van der Waals surface area contributed by atoms with E-state index in [9.17, 15) is 9.70 Å². The number of aryl methyl sites for hydroxylation is 2. The van der Waals surface area contributed by atoms with Gasteiger partial charge < -0.3 is 4.74 Å². The lowest BCUT2D eigenvalue weighted by molar-refractivity contribution is 0.155. The second-order valence-corrected chi connectivity index (χ2v) is 5.27. The number of hydrogen-bond donors (Lipinski definition) is 0. The number of fused-ring (bicyclic) bond motifs is 1. The van der Waals surface area contributed by atoms with E-state index >= 15 is 0 Å². The summed E-state index contributed by atoms with van der Waals surface area (Å²) in [6.07, 6.45) is 0.871. The van der Waals surface area contributed by atoms with Crippen molar-refractivity contribution in [3.8, 4) is 0 Å². The summed E-state index contributed by atoms with van der Waals surface area (Å²) in [7, 11) is 0. The van der Waals surface area contributed by atoms with Crippen molar-refractivity contribution >= 4 is 11.8 Å². The van der Waals surface area contributed by atoms with Crippen molar-refractivity contribution in [2.75, 3.05) is 11.5 Å². The molecule has 0 N–H and O–H groups in total. The number of nitrogens with zero attached hydrogens (tertiary/aromatic N) is 3. The molecule has 1 aliphatic rings. The van der Waals surface area contributed by atoms with Crippen LogP contribution in [-0.4, -0.2) is 23.7 Å². The van der Waals surface area contributed by atoms with Gasteiger partial charge in [-0.15, -0.1) is 0 Å². The third kappa shape index (κ3) is 2.75. The fourth-order valence-corrected chi connectivity index (χ4v) is 2.97. The van der Waals surface area contributed by atoms with Gasteiger partial charge in [0.25, 0.3) is 0 Å². The smallest absolute Gasteiger partial charge is 0.414 e. The number of ether oxygens (including phenoxy) is 1. The van der Waals surface area contributed by atoms with Crippen LogP contribution in [0.5, 0.6) is 0 Å². The molecule has 1 aliphatic heterocycles. The van der Waals surface area contributed by atoms with Gasteiger partial charge in [0, 0.05) is 17.3 Å². The Morgan fingerprint density at radius 2 is 2.19 bits per heavy atom. The lowest BCUT2D eigenvalue weighted by Gasteiger charge is -2.38. The number of hydrogen-bond acceptors (Lipinski definition) is 5. The normalized spacial score (nSPS) is 20.9. The molecule has 1 aromatic rings. The number of nitroso groups, excluding NO2 is 1. The first kappa shape index (κ1) is 15.4. The molecular weight excluding hydrogens is 270 g/mol. The van der Waals surface area contributed by atoms with Crippen LogP contribution in [0.3, 0.4) is 0 Å². The van der Waals surface area contributed by atoms with Gasteiger partial charge in [0.1, 0.15) is 6.04 Å². The Bertz CT molecular complexity index is 559. The summed E-state index contributed by atoms with van der Waals surface area (Å²) in [5.41, 5.74) is 3.00. The molecule has 114 valence electrons. The first-order chi connectivity index (χ1) is 10.0. The summed E-state index contributed by atoms with van der Waals surface area (Å²) in [6.45, 7) is 7.79. The summed E-state index contributed by atoms with van der Waals surface area (Å²) in [5, 5.41) is 3.25. The van der Waals surface area contributed by atoms with Gasteiger partial charge >= 0.3 is 6.09 Å². The van der Waals surface area contributed by atoms with Crippen LogP contribution in [0.1, 0.15) is 49.7 Å². The van der Waals surface area contributed by atoms with Crippen LogP contribution in [-0.2, 0) is 4.74 Å². The molecule has 0 radical (unpaired) electrons. The van der Waals surface area contributed by atoms with E-state index in [0.717, 1.165) is 23.4 Å². The zero-order valence-corrected chi connectivity index (χ0v) is 12.9. The van der Waals surface area contributed by atoms with Gasteiger partial charge in [-0.05, 0) is 39.7 Å². The number of carbonyl (C=O) groups is 1. The Morgan fingerprint density at radius 3 is 2.76 bits per heavy atom. The first-order valence-corrected chi connectivity index (χ1v) is 7.30. The maximum absolute atomic E-state index is 12.3. The zero-order chi connectivity index (χ0) is 15.6. The minimum absolute atomic E-state index is 0.0949. The molecule has 0 aliphatic carbocycles. The monoisotopic (exact) mass is 291 g/mol. The molecule has 2 rings (SSSR count). The number of pyridine rings is 1. The average Bonchev–Trinajstić information content (AvgIpc) is 2.45. The van der Waals surface area contributed by atoms with Crippen molar-refractivity contribution in [2.24, 2.45) is 5.18 Å². The molecule has 1 amide bonds. The molecule has 2 heterocycles. The molecule has 6 nitrogen and oxygen atoms in total. The van der Waals surface area contributed by atoms with Crippen molar-refractivity contribution in [1.82, 2.24) is 4.98 Å². The first-order valence-electron chi connectivity index (χ1n) is 7.30. The van der Waals surface area contributed by atoms with E-state index in [1.165, 1.54) is 0 Å². The topological polar surface area (TPSA) is 71.9 Å². The van der Waals surface area contributed by atoms with E-state index in [1.54, 1.807) is 11.8 Å². The maximum atomic E-state index is 12.3. The minimum atomic E-state index is -0.434. The summed E-state index contributed by atoms with van der Waals surface area (Å²) in [5.74, 6) is 0. The van der Waals surface area contributed by atoms with Gasteiger partial charge in [0.2, 0.25) is 0 Å². The predicted octanol–water partition coefficient (Wildman–Crippen LogP) is 3.65. The van der Waals surface area contributed by atoms with Gasteiger partial charge in [-0.3, -0.25) is 9.88 Å². The molecule has 2 unspecified atom stereocenters. The lowest BCUT2D eigenvalue weighted by Crippen LogP contribution is -2.45. The van der Waals surface area contributed by atoms with Crippen LogP contribution >= 0.6 is 0 Å². The van der Waals surface area contributed by atoms with Crippen molar-refractivity contribution < 1.29 is 9.53 Å². The van der Waals surface area contributed by atoms with Crippen molar-refractivity contribution in [3.05, 3.63) is 27.9 Å². The molecule has 0 spiro atoms. The molecule has 6 heteroatoms. The Kier molecular flexibility index (Phi) is 4.55. The molecule has 2 atom stereocenters. The van der Waals surface area contributed by atoms with E-state index < -0.39 is 6.04 Å². The lowest BCUT2D eigenvalue weighted by atomic mass is 9.90. The van der Waals surface area contributed by atoms with Gasteiger partial charge in [-0.2, -0.15) is 4.91 Å². The third-order valence-electron chi connectivity index (χ3n) is 3.85. The molecule has 0 bridgehead atoms. The van der Waals surface area contributed by atoms with Gasteiger partial charge in [0.15, 0.2) is 0 Å². The van der Waals surface area contributed by atoms with E-state index in [2.05, 4.69) is 10.2 Å². The fraction of sp³-hybridized carbons (Fsp3) is 0.600. The molecule has 0 saturated heterocycles. The second-order valence-electron chi connectivity index (χ2n) is 5.27. The third-order valence-corrected chi connectivity index (χ3v) is 3.85. The molecular formula is C15H21N3O3. The van der Waals surface area contributed by atoms with Crippen LogP contribution in [0.25, 0.3) is 0 Å². The van der Waals surface area contributed by atoms with Crippen LogP contribution in [0.15, 0.2) is 11.2 Å². The van der Waals surface area contributed by atoms with Crippen LogP contribution in [0.2, 0.25) is 0 Å². The predicted molar refractivity (Wildman–Crippen MR) is 80.4 cm³/mol. The minimum Gasteiger partial charge on any atom is -0.449 e. The second kappa shape index (κ2) is 6.20. The van der Waals surface area contributed by atoms with Gasteiger partial charge in [-0.25, -0.2) is 4.79 Å². The zero-order valence-electron chi connectivity index (χ0n) is 12.9. The number of carbonyl (C=O) groups excluding carboxylic acids is 1. The number of rotatable bonds is 3. The Hall–Kier alpha value is -1.98. The van der Waals surface area contributed by atoms with Crippen molar-refractivity contribution in [2.45, 2.75) is 52.6 Å². The standard InChI is InChI=1S/C15H21N3O3/c1-5-11-8-13(17-20)12-7-9(3)16-10(4)14(12)18(11)15(19)21-6-2/h7,11,13H,5-6,8H2,1-4H3. The average molecular weight is 291 g/mol. The van der Waals surface area contributed by atoms with Crippen molar-refractivity contribution in [1.29, 1.82) is 0 Å². The highest BCUT2D eigenvalue weighted by atomic mass is 16.6. The molecule has 0 saturated carbocycles. The number of anilines is 1. The largest absolute Gasteiger partial charge is 0.449 e. The van der Waals surface area contributed by atoms with Crippen molar-refractivity contribution in [3.63, 3.8) is 0 Å². The SMILES string of the molecule is CCOC(=O)N1c2c(cc(C)nc2C)C(N=O)CC1CC. The summed E-state index contributed by atoms with van der Waals surface area (Å²) >= 11 is 0. The molecule has 0 fully saturated rings.